The quantitative estimate of drug-likeness (QED) is 0.794. The Bertz CT molecular complexity index is 663. The number of carbonyl (C=O) groups excluding carboxylic acids is 1. The Labute approximate surface area is 115 Å². The van der Waals surface area contributed by atoms with Crippen molar-refractivity contribution in [2.24, 2.45) is 0 Å². The molecule has 2 nitrogen and oxygen atoms in total. The van der Waals surface area contributed by atoms with Crippen LogP contribution < -0.4 is 4.74 Å². The second-order valence-corrected chi connectivity index (χ2v) is 4.80. The smallest absolute Gasteiger partial charge is 0.193 e. The third-order valence-electron chi connectivity index (χ3n) is 3.11. The monoisotopic (exact) mass is 274 g/mol. The van der Waals surface area contributed by atoms with E-state index < -0.39 is 11.6 Å². The largest absolute Gasteiger partial charge is 0.490 e. The average Bonchev–Trinajstić information content (AvgIpc) is 3.25. The normalized spacial score (nSPS) is 14.1. The SMILES string of the molecule is O=C(c1cccc(OC2CC2)c1)c1ccc(F)c(F)c1. The number of hydrogen-bond donors (Lipinski definition) is 0. The van der Waals surface area contributed by atoms with Crippen molar-refractivity contribution in [3.05, 3.63) is 65.2 Å². The molecule has 3 rings (SSSR count). The van der Waals surface area contributed by atoms with E-state index in [1.54, 1.807) is 24.3 Å². The summed E-state index contributed by atoms with van der Waals surface area (Å²) in [5.41, 5.74) is 0.515. The minimum absolute atomic E-state index is 0.118. The fourth-order valence-corrected chi connectivity index (χ4v) is 1.89. The minimum Gasteiger partial charge on any atom is -0.490 e. The summed E-state index contributed by atoms with van der Waals surface area (Å²) >= 11 is 0. The van der Waals surface area contributed by atoms with Crippen molar-refractivity contribution in [1.82, 2.24) is 0 Å². The Morgan fingerprint density at radius 1 is 1.00 bits per heavy atom. The molecule has 0 heterocycles. The standard InChI is InChI=1S/C16H12F2O2/c17-14-7-4-11(9-15(14)18)16(19)10-2-1-3-13(8-10)20-12-5-6-12/h1-4,7-9,12H,5-6H2. The number of halogens is 2. The maximum atomic E-state index is 13.2. The van der Waals surface area contributed by atoms with Gasteiger partial charge in [0.1, 0.15) is 5.75 Å². The summed E-state index contributed by atoms with van der Waals surface area (Å²) in [5.74, 6) is -1.72. The summed E-state index contributed by atoms with van der Waals surface area (Å²) < 4.78 is 31.6. The molecule has 1 saturated carbocycles. The Kier molecular flexibility index (Phi) is 3.22. The van der Waals surface area contributed by atoms with Gasteiger partial charge in [-0.05, 0) is 43.2 Å². The van der Waals surface area contributed by atoms with Crippen LogP contribution in [0.1, 0.15) is 28.8 Å². The molecular weight excluding hydrogens is 262 g/mol. The van der Waals surface area contributed by atoms with Crippen molar-refractivity contribution >= 4 is 5.78 Å². The molecule has 1 aliphatic rings. The van der Waals surface area contributed by atoms with Gasteiger partial charge in [0, 0.05) is 11.1 Å². The maximum Gasteiger partial charge on any atom is 0.193 e. The summed E-state index contributed by atoms with van der Waals surface area (Å²) in [6.07, 6.45) is 2.30. The molecule has 20 heavy (non-hydrogen) atoms. The highest BCUT2D eigenvalue weighted by atomic mass is 19.2. The van der Waals surface area contributed by atoms with Gasteiger partial charge in [-0.3, -0.25) is 4.79 Å². The zero-order valence-corrected chi connectivity index (χ0v) is 10.6. The molecule has 0 spiro atoms. The first-order valence-corrected chi connectivity index (χ1v) is 6.40. The fourth-order valence-electron chi connectivity index (χ4n) is 1.89. The van der Waals surface area contributed by atoms with Gasteiger partial charge in [-0.25, -0.2) is 8.78 Å². The predicted molar refractivity (Wildman–Crippen MR) is 69.9 cm³/mol. The van der Waals surface area contributed by atoms with Crippen LogP contribution in [0.3, 0.4) is 0 Å². The van der Waals surface area contributed by atoms with Crippen molar-refractivity contribution in [3.8, 4) is 5.75 Å². The second kappa shape index (κ2) is 5.04. The summed E-state index contributed by atoms with van der Waals surface area (Å²) in [6, 6.07) is 9.88. The van der Waals surface area contributed by atoms with Gasteiger partial charge in [0.25, 0.3) is 0 Å². The number of carbonyl (C=O) groups is 1. The first-order chi connectivity index (χ1) is 9.63. The number of rotatable bonds is 4. The molecular formula is C16H12F2O2. The molecule has 2 aromatic carbocycles. The lowest BCUT2D eigenvalue weighted by atomic mass is 10.0. The highest BCUT2D eigenvalue weighted by Gasteiger charge is 2.23. The van der Waals surface area contributed by atoms with Crippen LogP contribution in [0, 0.1) is 11.6 Å². The zero-order valence-electron chi connectivity index (χ0n) is 10.6. The molecule has 0 bridgehead atoms. The fraction of sp³-hybridized carbons (Fsp3) is 0.188. The van der Waals surface area contributed by atoms with Gasteiger partial charge in [0.2, 0.25) is 0 Å². The summed E-state index contributed by atoms with van der Waals surface area (Å²) in [5, 5.41) is 0. The number of hydrogen-bond acceptors (Lipinski definition) is 2. The lowest BCUT2D eigenvalue weighted by Crippen LogP contribution is -2.04. The van der Waals surface area contributed by atoms with Crippen molar-refractivity contribution in [2.45, 2.75) is 18.9 Å². The van der Waals surface area contributed by atoms with Crippen LogP contribution in [0.25, 0.3) is 0 Å². The maximum absolute atomic E-state index is 13.2. The molecule has 0 unspecified atom stereocenters. The number of ether oxygens (including phenoxy) is 1. The molecule has 0 radical (unpaired) electrons. The lowest BCUT2D eigenvalue weighted by molar-refractivity contribution is 0.103. The number of ketones is 1. The second-order valence-electron chi connectivity index (χ2n) is 4.80. The molecule has 1 fully saturated rings. The third-order valence-corrected chi connectivity index (χ3v) is 3.11. The van der Waals surface area contributed by atoms with Crippen LogP contribution in [0.2, 0.25) is 0 Å². The molecule has 0 saturated heterocycles. The molecule has 0 N–H and O–H groups in total. The van der Waals surface area contributed by atoms with E-state index in [4.69, 9.17) is 4.74 Å². The van der Waals surface area contributed by atoms with Crippen LogP contribution >= 0.6 is 0 Å². The van der Waals surface area contributed by atoms with E-state index in [1.807, 2.05) is 0 Å². The summed E-state index contributed by atoms with van der Waals surface area (Å²) in [7, 11) is 0. The highest BCUT2D eigenvalue weighted by molar-refractivity contribution is 6.09. The Hall–Kier alpha value is -2.23. The van der Waals surface area contributed by atoms with Crippen molar-refractivity contribution in [2.75, 3.05) is 0 Å². The van der Waals surface area contributed by atoms with Gasteiger partial charge in [-0.2, -0.15) is 0 Å². The molecule has 4 heteroatoms. The zero-order chi connectivity index (χ0) is 14.1. The Balaban J connectivity index is 1.86. The Morgan fingerprint density at radius 3 is 2.45 bits per heavy atom. The van der Waals surface area contributed by atoms with Gasteiger partial charge in [-0.15, -0.1) is 0 Å². The van der Waals surface area contributed by atoms with E-state index >= 15 is 0 Å². The average molecular weight is 274 g/mol. The van der Waals surface area contributed by atoms with E-state index in [9.17, 15) is 13.6 Å². The first kappa shape index (κ1) is 12.8. The van der Waals surface area contributed by atoms with E-state index in [1.165, 1.54) is 6.07 Å². The van der Waals surface area contributed by atoms with E-state index in [0.29, 0.717) is 11.3 Å². The lowest BCUT2D eigenvalue weighted by Gasteiger charge is -2.06. The van der Waals surface area contributed by atoms with Crippen molar-refractivity contribution in [3.63, 3.8) is 0 Å². The Morgan fingerprint density at radius 2 is 1.75 bits per heavy atom. The van der Waals surface area contributed by atoms with Crippen LogP contribution in [0.15, 0.2) is 42.5 Å². The van der Waals surface area contributed by atoms with Crippen LogP contribution in [-0.2, 0) is 0 Å². The topological polar surface area (TPSA) is 26.3 Å². The number of benzene rings is 2. The van der Waals surface area contributed by atoms with Gasteiger partial charge < -0.3 is 4.74 Å². The predicted octanol–water partition coefficient (Wildman–Crippen LogP) is 3.74. The highest BCUT2D eigenvalue weighted by Crippen LogP contribution is 2.27. The van der Waals surface area contributed by atoms with E-state index in [-0.39, 0.29) is 17.5 Å². The van der Waals surface area contributed by atoms with Crippen LogP contribution in [0.4, 0.5) is 8.78 Å². The van der Waals surface area contributed by atoms with Crippen molar-refractivity contribution in [1.29, 1.82) is 0 Å². The van der Waals surface area contributed by atoms with E-state index in [0.717, 1.165) is 25.0 Å². The molecule has 102 valence electrons. The van der Waals surface area contributed by atoms with Gasteiger partial charge in [-0.1, -0.05) is 12.1 Å². The molecule has 0 atom stereocenters. The minimum atomic E-state index is -1.03. The third kappa shape index (κ3) is 2.69. The molecule has 1 aliphatic carbocycles. The van der Waals surface area contributed by atoms with Gasteiger partial charge >= 0.3 is 0 Å². The van der Waals surface area contributed by atoms with Crippen LogP contribution in [0.5, 0.6) is 5.75 Å². The summed E-state index contributed by atoms with van der Waals surface area (Å²) in [6.45, 7) is 0. The van der Waals surface area contributed by atoms with E-state index in [2.05, 4.69) is 0 Å². The first-order valence-electron chi connectivity index (χ1n) is 6.40. The molecule has 2 aromatic rings. The molecule has 0 aromatic heterocycles. The van der Waals surface area contributed by atoms with Gasteiger partial charge in [0.05, 0.1) is 6.10 Å². The van der Waals surface area contributed by atoms with Crippen molar-refractivity contribution < 1.29 is 18.3 Å². The molecule has 0 aliphatic heterocycles. The van der Waals surface area contributed by atoms with Gasteiger partial charge in [0.15, 0.2) is 17.4 Å². The summed E-state index contributed by atoms with van der Waals surface area (Å²) in [4.78, 5) is 12.2. The molecule has 0 amide bonds. The van der Waals surface area contributed by atoms with Crippen LogP contribution in [-0.4, -0.2) is 11.9 Å².